The molecule has 0 aliphatic rings. The third-order valence-corrected chi connectivity index (χ3v) is 2.99. The van der Waals surface area contributed by atoms with Gasteiger partial charge >= 0.3 is 5.97 Å². The third kappa shape index (κ3) is 2.61. The fourth-order valence-corrected chi connectivity index (χ4v) is 1.95. The zero-order chi connectivity index (χ0) is 14.2. The number of aromatic carboxylic acids is 1. The smallest absolute Gasteiger partial charge is 0.339 e. The van der Waals surface area contributed by atoms with E-state index >= 15 is 0 Å². The number of carboxylic acids is 1. The minimum Gasteiger partial charge on any atom is -0.478 e. The van der Waals surface area contributed by atoms with Crippen molar-refractivity contribution in [3.8, 4) is 11.3 Å². The van der Waals surface area contributed by atoms with Crippen molar-refractivity contribution in [2.24, 2.45) is 0 Å². The predicted molar refractivity (Wildman–Crippen MR) is 70.0 cm³/mol. The van der Waals surface area contributed by atoms with E-state index in [1.165, 1.54) is 18.3 Å². The van der Waals surface area contributed by atoms with Crippen molar-refractivity contribution in [1.82, 2.24) is 9.78 Å². The van der Waals surface area contributed by atoms with Crippen LogP contribution in [-0.4, -0.2) is 20.9 Å². The Morgan fingerprint density at radius 2 is 2.16 bits per heavy atom. The van der Waals surface area contributed by atoms with Crippen molar-refractivity contribution in [3.63, 3.8) is 0 Å². The first-order chi connectivity index (χ1) is 8.90. The van der Waals surface area contributed by atoms with Crippen molar-refractivity contribution in [2.75, 3.05) is 0 Å². The van der Waals surface area contributed by atoms with Gasteiger partial charge in [0.2, 0.25) is 0 Å². The minimum atomic E-state index is -1.10. The molecular formula is C13H12ClFN2O2. The lowest BCUT2D eigenvalue weighted by molar-refractivity contribution is 0.0697. The first-order valence-corrected chi connectivity index (χ1v) is 6.06. The highest BCUT2D eigenvalue weighted by Crippen LogP contribution is 2.30. The van der Waals surface area contributed by atoms with Gasteiger partial charge in [0.25, 0.3) is 0 Å². The quantitative estimate of drug-likeness (QED) is 0.935. The fraction of sp³-hybridized carbons (Fsp3) is 0.231. The van der Waals surface area contributed by atoms with Gasteiger partial charge < -0.3 is 5.11 Å². The summed E-state index contributed by atoms with van der Waals surface area (Å²) in [6, 6.07) is 3.81. The van der Waals surface area contributed by atoms with Crippen LogP contribution in [0.15, 0.2) is 24.4 Å². The molecule has 4 nitrogen and oxygen atoms in total. The maximum absolute atomic E-state index is 13.0. The summed E-state index contributed by atoms with van der Waals surface area (Å²) in [5.41, 5.74) is 0.688. The molecule has 0 fully saturated rings. The lowest BCUT2D eigenvalue weighted by Crippen LogP contribution is -2.00. The van der Waals surface area contributed by atoms with Gasteiger partial charge in [0.05, 0.1) is 5.02 Å². The molecule has 1 aromatic carbocycles. The zero-order valence-corrected chi connectivity index (χ0v) is 11.1. The van der Waals surface area contributed by atoms with Crippen LogP contribution in [0.4, 0.5) is 4.39 Å². The molecule has 19 heavy (non-hydrogen) atoms. The van der Waals surface area contributed by atoms with E-state index < -0.39 is 11.8 Å². The molecule has 0 amide bonds. The van der Waals surface area contributed by atoms with Gasteiger partial charge in [-0.2, -0.15) is 5.10 Å². The number of carbonyl (C=O) groups is 1. The van der Waals surface area contributed by atoms with Gasteiger partial charge in [0, 0.05) is 17.8 Å². The summed E-state index contributed by atoms with van der Waals surface area (Å²) in [4.78, 5) is 11.2. The highest BCUT2D eigenvalue weighted by atomic mass is 35.5. The number of rotatable bonds is 3. The lowest BCUT2D eigenvalue weighted by Gasteiger charge is -2.04. The first-order valence-electron chi connectivity index (χ1n) is 5.68. The highest BCUT2D eigenvalue weighted by molar-refractivity contribution is 6.33. The normalized spacial score (nSPS) is 11.0. The van der Waals surface area contributed by atoms with E-state index in [1.807, 2.05) is 13.8 Å². The zero-order valence-electron chi connectivity index (χ0n) is 10.4. The molecule has 1 aromatic heterocycles. The van der Waals surface area contributed by atoms with E-state index in [0.717, 1.165) is 6.07 Å². The van der Waals surface area contributed by atoms with Crippen LogP contribution in [0.25, 0.3) is 11.3 Å². The van der Waals surface area contributed by atoms with Crippen LogP contribution in [0.1, 0.15) is 30.2 Å². The topological polar surface area (TPSA) is 55.1 Å². The van der Waals surface area contributed by atoms with E-state index in [-0.39, 0.29) is 22.3 Å². The molecule has 2 aromatic rings. The SMILES string of the molecule is CC(C)n1cc(C(=O)O)c(-c2ccc(F)cc2Cl)n1. The van der Waals surface area contributed by atoms with Crippen molar-refractivity contribution in [2.45, 2.75) is 19.9 Å². The second-order valence-corrected chi connectivity index (χ2v) is 4.80. The van der Waals surface area contributed by atoms with E-state index in [2.05, 4.69) is 5.10 Å². The number of hydrogen-bond acceptors (Lipinski definition) is 2. The molecule has 1 N–H and O–H groups in total. The Bertz CT molecular complexity index is 638. The molecule has 100 valence electrons. The summed E-state index contributed by atoms with van der Waals surface area (Å²) in [5, 5.41) is 13.6. The molecule has 2 rings (SSSR count). The molecule has 0 bridgehead atoms. The van der Waals surface area contributed by atoms with Crippen molar-refractivity contribution < 1.29 is 14.3 Å². The van der Waals surface area contributed by atoms with Crippen LogP contribution >= 0.6 is 11.6 Å². The molecule has 0 saturated carbocycles. The number of aromatic nitrogens is 2. The van der Waals surface area contributed by atoms with Crippen LogP contribution in [0.5, 0.6) is 0 Å². The van der Waals surface area contributed by atoms with E-state index in [4.69, 9.17) is 11.6 Å². The summed E-state index contributed by atoms with van der Waals surface area (Å²) in [7, 11) is 0. The molecule has 1 heterocycles. The maximum atomic E-state index is 13.0. The van der Waals surface area contributed by atoms with Gasteiger partial charge in [0.15, 0.2) is 0 Å². The summed E-state index contributed by atoms with van der Waals surface area (Å²) >= 11 is 5.95. The molecule has 0 saturated heterocycles. The van der Waals surface area contributed by atoms with Crippen molar-refractivity contribution in [1.29, 1.82) is 0 Å². The molecule has 0 aliphatic carbocycles. The Kier molecular flexibility index (Phi) is 3.57. The van der Waals surface area contributed by atoms with Gasteiger partial charge in [-0.25, -0.2) is 9.18 Å². The van der Waals surface area contributed by atoms with Gasteiger partial charge in [-0.3, -0.25) is 4.68 Å². The Morgan fingerprint density at radius 1 is 1.47 bits per heavy atom. The molecule has 6 heteroatoms. The number of hydrogen-bond donors (Lipinski definition) is 1. The van der Waals surface area contributed by atoms with Crippen LogP contribution in [0.2, 0.25) is 5.02 Å². The molecule has 0 unspecified atom stereocenters. The first kappa shape index (κ1) is 13.5. The van der Waals surface area contributed by atoms with Crippen molar-refractivity contribution >= 4 is 17.6 Å². The third-order valence-electron chi connectivity index (χ3n) is 2.68. The maximum Gasteiger partial charge on any atom is 0.339 e. The average molecular weight is 283 g/mol. The van der Waals surface area contributed by atoms with Crippen LogP contribution in [0.3, 0.4) is 0 Å². The summed E-state index contributed by atoms with van der Waals surface area (Å²) in [6.45, 7) is 3.77. The fourth-order valence-electron chi connectivity index (χ4n) is 1.69. The summed E-state index contributed by atoms with van der Waals surface area (Å²) < 4.78 is 14.6. The van der Waals surface area contributed by atoms with Gasteiger partial charge in [-0.15, -0.1) is 0 Å². The molecular weight excluding hydrogens is 271 g/mol. The number of carboxylic acid groups (broad SMARTS) is 1. The molecule has 0 spiro atoms. The van der Waals surface area contributed by atoms with Crippen molar-refractivity contribution in [3.05, 3.63) is 40.8 Å². The second kappa shape index (κ2) is 5.01. The summed E-state index contributed by atoms with van der Waals surface area (Å²) in [5.74, 6) is -1.57. The molecule has 0 radical (unpaired) electrons. The molecule has 0 atom stereocenters. The Labute approximate surface area is 114 Å². The van der Waals surface area contributed by atoms with Gasteiger partial charge in [-0.1, -0.05) is 11.6 Å². The predicted octanol–water partition coefficient (Wildman–Crippen LogP) is 3.62. The Balaban J connectivity index is 2.63. The van der Waals surface area contributed by atoms with Crippen LogP contribution < -0.4 is 0 Å². The Morgan fingerprint density at radius 3 is 2.68 bits per heavy atom. The summed E-state index contributed by atoms with van der Waals surface area (Å²) in [6.07, 6.45) is 1.45. The minimum absolute atomic E-state index is 0.0195. The van der Waals surface area contributed by atoms with E-state index in [0.29, 0.717) is 5.56 Å². The van der Waals surface area contributed by atoms with E-state index in [1.54, 1.807) is 4.68 Å². The monoisotopic (exact) mass is 282 g/mol. The van der Waals surface area contributed by atoms with Crippen LogP contribution in [0, 0.1) is 5.82 Å². The largest absolute Gasteiger partial charge is 0.478 e. The standard InChI is InChI=1S/C13H12ClFN2O2/c1-7(2)17-6-10(13(18)19)12(16-17)9-4-3-8(15)5-11(9)14/h3-7H,1-2H3,(H,18,19). The van der Waals surface area contributed by atoms with Gasteiger partial charge in [-0.05, 0) is 32.0 Å². The van der Waals surface area contributed by atoms with Gasteiger partial charge in [0.1, 0.15) is 17.1 Å². The second-order valence-electron chi connectivity index (χ2n) is 4.39. The highest BCUT2D eigenvalue weighted by Gasteiger charge is 2.20. The van der Waals surface area contributed by atoms with Crippen LogP contribution in [-0.2, 0) is 0 Å². The van der Waals surface area contributed by atoms with E-state index in [9.17, 15) is 14.3 Å². The number of benzene rings is 1. The molecule has 0 aliphatic heterocycles. The number of nitrogens with zero attached hydrogens (tertiary/aromatic N) is 2. The average Bonchev–Trinajstić information content (AvgIpc) is 2.73. The lowest BCUT2D eigenvalue weighted by atomic mass is 10.1. The Hall–Kier alpha value is -1.88. The number of halogens is 2.